The zero-order valence-electron chi connectivity index (χ0n) is 9.38. The lowest BCUT2D eigenvalue weighted by Crippen LogP contribution is -1.92. The number of hydrogen-bond donors (Lipinski definition) is 2. The predicted octanol–water partition coefficient (Wildman–Crippen LogP) is 2.24. The summed E-state index contributed by atoms with van der Waals surface area (Å²) >= 11 is 0. The molecule has 3 N–H and O–H groups in total. The fourth-order valence-electron chi connectivity index (χ4n) is 2.34. The summed E-state index contributed by atoms with van der Waals surface area (Å²) in [5, 5.41) is 2.89. The van der Waals surface area contributed by atoms with E-state index in [0.29, 0.717) is 5.82 Å². The van der Waals surface area contributed by atoms with Crippen molar-refractivity contribution in [2.24, 2.45) is 0 Å². The molecule has 0 spiro atoms. The molecule has 0 fully saturated rings. The number of nitrogens with zero attached hydrogens (tertiary/aromatic N) is 3. The van der Waals surface area contributed by atoms with Gasteiger partial charge in [-0.15, -0.1) is 0 Å². The van der Waals surface area contributed by atoms with Crippen LogP contribution in [0.3, 0.4) is 0 Å². The first-order valence-corrected chi connectivity index (χ1v) is 5.59. The van der Waals surface area contributed by atoms with Crippen LogP contribution in [0, 0.1) is 0 Å². The Bertz CT molecular complexity index is 894. The highest BCUT2D eigenvalue weighted by atomic mass is 14.9. The summed E-state index contributed by atoms with van der Waals surface area (Å²) in [6.07, 6.45) is 7.06. The molecule has 4 aromatic rings. The van der Waals surface area contributed by atoms with Crippen molar-refractivity contribution in [3.63, 3.8) is 0 Å². The van der Waals surface area contributed by atoms with Gasteiger partial charge in [0.25, 0.3) is 0 Å². The average molecular weight is 235 g/mol. The molecule has 0 aliphatic heterocycles. The summed E-state index contributed by atoms with van der Waals surface area (Å²) in [7, 11) is 0. The lowest BCUT2D eigenvalue weighted by molar-refractivity contribution is 1.36. The first-order valence-electron chi connectivity index (χ1n) is 5.59. The van der Waals surface area contributed by atoms with Crippen LogP contribution >= 0.6 is 0 Å². The fraction of sp³-hybridized carbons (Fsp3) is 0. The number of aromatic amines is 1. The standard InChI is InChI=1S/C13H9N5/c14-13-10-7(1-4-16-13)5-17-11-8-6-15-3-2-9(8)18-12(10)11/h1-6,18H,(H2,14,16). The largest absolute Gasteiger partial charge is 0.383 e. The van der Waals surface area contributed by atoms with Crippen molar-refractivity contribution in [2.45, 2.75) is 0 Å². The zero-order valence-corrected chi connectivity index (χ0v) is 9.38. The number of anilines is 1. The van der Waals surface area contributed by atoms with Gasteiger partial charge in [-0.05, 0) is 12.1 Å². The van der Waals surface area contributed by atoms with E-state index < -0.39 is 0 Å². The van der Waals surface area contributed by atoms with Gasteiger partial charge in [0.05, 0.1) is 21.9 Å². The van der Waals surface area contributed by atoms with Gasteiger partial charge < -0.3 is 10.7 Å². The van der Waals surface area contributed by atoms with E-state index in [0.717, 1.165) is 32.7 Å². The summed E-state index contributed by atoms with van der Waals surface area (Å²) < 4.78 is 0. The van der Waals surface area contributed by atoms with Crippen LogP contribution in [0.2, 0.25) is 0 Å². The van der Waals surface area contributed by atoms with E-state index in [1.807, 2.05) is 18.3 Å². The van der Waals surface area contributed by atoms with Gasteiger partial charge in [-0.3, -0.25) is 9.97 Å². The summed E-state index contributed by atoms with van der Waals surface area (Å²) in [5.74, 6) is 0.513. The zero-order chi connectivity index (χ0) is 12.1. The first-order chi connectivity index (χ1) is 8.84. The van der Waals surface area contributed by atoms with E-state index in [1.54, 1.807) is 18.6 Å². The van der Waals surface area contributed by atoms with Gasteiger partial charge in [0.2, 0.25) is 0 Å². The minimum atomic E-state index is 0.513. The molecule has 0 aliphatic carbocycles. The lowest BCUT2D eigenvalue weighted by Gasteiger charge is -2.01. The molecule has 86 valence electrons. The van der Waals surface area contributed by atoms with E-state index in [2.05, 4.69) is 19.9 Å². The maximum atomic E-state index is 5.97. The molecular weight excluding hydrogens is 226 g/mol. The molecular formula is C13H9N5. The number of pyridine rings is 3. The maximum absolute atomic E-state index is 5.97. The van der Waals surface area contributed by atoms with Gasteiger partial charge in [0.1, 0.15) is 5.82 Å². The molecule has 5 nitrogen and oxygen atoms in total. The Kier molecular flexibility index (Phi) is 1.64. The molecule has 0 saturated heterocycles. The molecule has 0 aliphatic rings. The molecule has 0 bridgehead atoms. The maximum Gasteiger partial charge on any atom is 0.133 e. The van der Waals surface area contributed by atoms with E-state index in [1.165, 1.54) is 0 Å². The molecule has 5 heteroatoms. The van der Waals surface area contributed by atoms with Crippen LogP contribution in [0.1, 0.15) is 0 Å². The molecule has 4 rings (SSSR count). The number of fused-ring (bicyclic) bond motifs is 5. The topological polar surface area (TPSA) is 80.5 Å². The number of aromatic nitrogens is 4. The van der Waals surface area contributed by atoms with E-state index in [-0.39, 0.29) is 0 Å². The van der Waals surface area contributed by atoms with E-state index in [9.17, 15) is 0 Å². The molecule has 0 saturated carbocycles. The quantitative estimate of drug-likeness (QED) is 0.489. The third-order valence-electron chi connectivity index (χ3n) is 3.17. The number of hydrogen-bond acceptors (Lipinski definition) is 4. The van der Waals surface area contributed by atoms with Gasteiger partial charge >= 0.3 is 0 Å². The van der Waals surface area contributed by atoms with Crippen molar-refractivity contribution in [3.8, 4) is 0 Å². The smallest absolute Gasteiger partial charge is 0.133 e. The van der Waals surface area contributed by atoms with Gasteiger partial charge in [-0.1, -0.05) is 0 Å². The number of nitrogen functional groups attached to an aromatic ring is 1. The number of rotatable bonds is 0. The predicted molar refractivity (Wildman–Crippen MR) is 71.1 cm³/mol. The summed E-state index contributed by atoms with van der Waals surface area (Å²) in [4.78, 5) is 16.1. The molecule has 4 heterocycles. The Balaban J connectivity index is 2.35. The molecule has 0 atom stereocenters. The van der Waals surface area contributed by atoms with Gasteiger partial charge in [0, 0.05) is 35.6 Å². The SMILES string of the molecule is Nc1nccc2cnc3c4cnccc4[nH]c3c12. The second-order valence-corrected chi connectivity index (χ2v) is 4.19. The van der Waals surface area contributed by atoms with Crippen LogP contribution in [0.5, 0.6) is 0 Å². The number of H-pyrrole nitrogens is 1. The van der Waals surface area contributed by atoms with Crippen LogP contribution in [0.4, 0.5) is 5.82 Å². The van der Waals surface area contributed by atoms with Crippen molar-refractivity contribution < 1.29 is 0 Å². The van der Waals surface area contributed by atoms with Crippen LogP contribution in [0.25, 0.3) is 32.7 Å². The highest BCUT2D eigenvalue weighted by Gasteiger charge is 2.10. The Morgan fingerprint density at radius 2 is 2.00 bits per heavy atom. The Morgan fingerprint density at radius 1 is 1.06 bits per heavy atom. The Morgan fingerprint density at radius 3 is 2.94 bits per heavy atom. The molecule has 0 amide bonds. The molecule has 0 aromatic carbocycles. The highest BCUT2D eigenvalue weighted by molar-refractivity contribution is 6.17. The van der Waals surface area contributed by atoms with Crippen LogP contribution in [-0.2, 0) is 0 Å². The molecule has 18 heavy (non-hydrogen) atoms. The minimum Gasteiger partial charge on any atom is -0.383 e. The highest BCUT2D eigenvalue weighted by Crippen LogP contribution is 2.30. The summed E-state index contributed by atoms with van der Waals surface area (Å²) in [6, 6.07) is 3.83. The van der Waals surface area contributed by atoms with E-state index in [4.69, 9.17) is 5.73 Å². The normalized spacial score (nSPS) is 11.6. The monoisotopic (exact) mass is 235 g/mol. The number of nitrogens with two attached hydrogens (primary N) is 1. The second kappa shape index (κ2) is 3.16. The second-order valence-electron chi connectivity index (χ2n) is 4.19. The van der Waals surface area contributed by atoms with Crippen LogP contribution < -0.4 is 5.73 Å². The Labute approximate surface area is 102 Å². The van der Waals surface area contributed by atoms with Gasteiger partial charge in [-0.2, -0.15) is 0 Å². The third kappa shape index (κ3) is 1.08. The van der Waals surface area contributed by atoms with Gasteiger partial charge in [-0.25, -0.2) is 4.98 Å². The fourth-order valence-corrected chi connectivity index (χ4v) is 2.34. The third-order valence-corrected chi connectivity index (χ3v) is 3.17. The van der Waals surface area contributed by atoms with Crippen LogP contribution in [-0.4, -0.2) is 19.9 Å². The van der Waals surface area contributed by atoms with Crippen molar-refractivity contribution in [3.05, 3.63) is 36.9 Å². The van der Waals surface area contributed by atoms with Crippen molar-refractivity contribution in [1.82, 2.24) is 19.9 Å². The number of nitrogens with one attached hydrogen (secondary N) is 1. The van der Waals surface area contributed by atoms with Gasteiger partial charge in [0.15, 0.2) is 0 Å². The van der Waals surface area contributed by atoms with Crippen molar-refractivity contribution in [2.75, 3.05) is 5.73 Å². The summed E-state index contributed by atoms with van der Waals surface area (Å²) in [5.41, 5.74) is 8.77. The van der Waals surface area contributed by atoms with Crippen LogP contribution in [0.15, 0.2) is 36.9 Å². The summed E-state index contributed by atoms with van der Waals surface area (Å²) in [6.45, 7) is 0. The first kappa shape index (κ1) is 9.35. The van der Waals surface area contributed by atoms with Crippen molar-refractivity contribution >= 4 is 38.5 Å². The molecule has 0 radical (unpaired) electrons. The molecule has 4 aromatic heterocycles. The lowest BCUT2D eigenvalue weighted by atomic mass is 10.1. The van der Waals surface area contributed by atoms with E-state index >= 15 is 0 Å². The van der Waals surface area contributed by atoms with Crippen molar-refractivity contribution in [1.29, 1.82) is 0 Å². The Hall–Kier alpha value is -2.69. The molecule has 0 unspecified atom stereocenters. The average Bonchev–Trinajstić information content (AvgIpc) is 2.77. The minimum absolute atomic E-state index is 0.513.